The molecule has 8 aliphatic heterocycles. The van der Waals surface area contributed by atoms with E-state index >= 15 is 0 Å². The molecule has 0 aliphatic carbocycles. The molecule has 0 spiro atoms. The number of carbonyl (C=O) groups is 4. The lowest BCUT2D eigenvalue weighted by Gasteiger charge is -2.52. The summed E-state index contributed by atoms with van der Waals surface area (Å²) in [6, 6.07) is -6.90. The fourth-order valence-corrected chi connectivity index (χ4v) is 19.1. The van der Waals surface area contributed by atoms with E-state index in [9.17, 15) is 132 Å². The minimum absolute atomic E-state index is 0.138. The number of allylic oxidation sites excluding steroid dienone is 1. The predicted octanol–water partition coefficient (Wildman–Crippen LogP) is -4.04. The number of aliphatic hydroxyl groups excluding tert-OH is 22. The highest BCUT2D eigenvalue weighted by Crippen LogP contribution is 2.41. The van der Waals surface area contributed by atoms with Gasteiger partial charge >= 0.3 is 0 Å². The quantitative estimate of drug-likeness (QED) is 0.0204. The average molecular weight is 2030 g/mol. The molecule has 16 unspecified atom stereocenters. The average Bonchev–Trinajstić information content (AvgIpc) is 0.753. The number of hydrogen-bond acceptors (Lipinski definition) is 42. The Hall–Kier alpha value is -3.90. The van der Waals surface area contributed by atoms with Gasteiger partial charge in [-0.1, -0.05) is 206 Å². The first-order valence-electron chi connectivity index (χ1n) is 50.8. The van der Waals surface area contributed by atoms with E-state index < -0.39 is 328 Å². The first-order chi connectivity index (χ1) is 67.1. The maximum Gasteiger partial charge on any atom is 0.220 e. The first kappa shape index (κ1) is 121. The molecule has 8 rings (SSSR count). The highest BCUT2D eigenvalue weighted by molar-refractivity contribution is 5.76. The lowest BCUT2D eigenvalue weighted by atomic mass is 9.93. The van der Waals surface area contributed by atoms with Crippen LogP contribution in [-0.4, -0.2) is 446 Å². The molecule has 8 aliphatic rings. The Balaban J connectivity index is 1.01. The third-order valence-corrected chi connectivity index (χ3v) is 27.3. The Morgan fingerprint density at radius 3 is 1.04 bits per heavy atom. The van der Waals surface area contributed by atoms with E-state index in [1.54, 1.807) is 6.08 Å². The zero-order chi connectivity index (χ0) is 102. The number of carbonyl (C=O) groups excluding carboxylic acids is 4. The Bertz CT molecular complexity index is 3460. The van der Waals surface area contributed by atoms with Gasteiger partial charge in [0.25, 0.3) is 0 Å². The fraction of sp³-hybridized carbons (Fsp3) is 0.936. The number of amides is 4. The smallest absolute Gasteiger partial charge is 0.220 e. The number of unbranched alkanes of at least 4 members (excludes halogenated alkanes) is 29. The molecule has 8 heterocycles. The molecule has 26 N–H and O–H groups in total. The minimum Gasteiger partial charge on any atom is -0.394 e. The van der Waals surface area contributed by atoms with Crippen LogP contribution < -0.4 is 21.3 Å². The summed E-state index contributed by atoms with van der Waals surface area (Å²) < 4.78 is 97.9. The van der Waals surface area contributed by atoms with E-state index in [0.29, 0.717) is 12.8 Å². The van der Waals surface area contributed by atoms with Crippen LogP contribution in [0, 0.1) is 0 Å². The number of aliphatic hydroxyl groups is 22. The molecule has 0 aromatic rings. The number of ether oxygens (including phenoxy) is 16. The van der Waals surface area contributed by atoms with Crippen LogP contribution in [0.3, 0.4) is 0 Å². The van der Waals surface area contributed by atoms with Gasteiger partial charge in [0, 0.05) is 27.2 Å². The van der Waals surface area contributed by atoms with Crippen molar-refractivity contribution in [3.63, 3.8) is 0 Å². The number of rotatable bonds is 62. The second-order valence-corrected chi connectivity index (χ2v) is 38.4. The Labute approximate surface area is 818 Å². The van der Waals surface area contributed by atoms with Crippen molar-refractivity contribution >= 4 is 23.6 Å². The van der Waals surface area contributed by atoms with Crippen LogP contribution in [0.1, 0.15) is 247 Å². The largest absolute Gasteiger partial charge is 0.394 e. The molecule has 4 amide bonds. The van der Waals surface area contributed by atoms with Crippen molar-refractivity contribution in [3.05, 3.63) is 12.2 Å². The topological polar surface area (TPSA) is 709 Å². The van der Waals surface area contributed by atoms with Gasteiger partial charge in [0.2, 0.25) is 23.6 Å². The monoisotopic (exact) mass is 2030 g/mol. The summed E-state index contributed by atoms with van der Waals surface area (Å²) >= 11 is 0. The molecule has 0 aromatic carbocycles. The van der Waals surface area contributed by atoms with E-state index in [1.165, 1.54) is 135 Å². The van der Waals surface area contributed by atoms with Crippen molar-refractivity contribution in [2.24, 2.45) is 0 Å². The van der Waals surface area contributed by atoms with Gasteiger partial charge in [0.05, 0.1) is 71.1 Å². The molecule has 816 valence electrons. The van der Waals surface area contributed by atoms with Crippen LogP contribution >= 0.6 is 0 Å². The van der Waals surface area contributed by atoms with Gasteiger partial charge < -0.3 is 209 Å². The van der Waals surface area contributed by atoms with Crippen LogP contribution in [-0.2, 0) is 95.0 Å². The number of nitrogens with one attached hydrogen (secondary N) is 4. The third-order valence-electron chi connectivity index (χ3n) is 27.3. The maximum absolute atomic E-state index is 13.7. The van der Waals surface area contributed by atoms with Crippen molar-refractivity contribution < 1.29 is 207 Å². The van der Waals surface area contributed by atoms with Crippen molar-refractivity contribution in [2.45, 2.75) is 505 Å². The van der Waals surface area contributed by atoms with Crippen LogP contribution in [0.25, 0.3) is 0 Å². The molecule has 8 fully saturated rings. The maximum atomic E-state index is 13.7. The van der Waals surface area contributed by atoms with Gasteiger partial charge in [-0.15, -0.1) is 0 Å². The molecule has 140 heavy (non-hydrogen) atoms. The highest BCUT2D eigenvalue weighted by Gasteiger charge is 2.62. The van der Waals surface area contributed by atoms with Crippen molar-refractivity contribution in [1.29, 1.82) is 0 Å². The minimum atomic E-state index is -2.57. The van der Waals surface area contributed by atoms with E-state index in [1.807, 2.05) is 6.08 Å². The zero-order valence-electron chi connectivity index (χ0n) is 81.7. The summed E-state index contributed by atoms with van der Waals surface area (Å²) in [6.45, 7) is 0.256. The molecule has 0 radical (unpaired) electrons. The summed E-state index contributed by atoms with van der Waals surface area (Å²) in [7, 11) is 0. The Kier molecular flexibility index (Phi) is 54.7. The van der Waals surface area contributed by atoms with Gasteiger partial charge in [0.15, 0.2) is 50.3 Å². The standard InChI is InChI=1S/C94H168N4O42/c1-7-9-11-13-15-17-19-21-22-23-24-25-26-28-30-32-34-36-38-40-62(110)98-53(54(109)39-37-35-33-31-29-27-20-18-16-14-12-10-8-2)48-125-90-77(122)74(119)80(59(45-103)131-90)134-92-78(123)75(120)81(60(46-104)132-92)135-93-79(124)85(139-89-64(96-51(5)107)83(69(114)57(43-101)129-89)137-87-63(95-50(4)106)71(116)67(112)55(41-99)127-87)82(61(47-105)133-93)136-88-65(97-52(6)108)84(70(115)58(44-102)128-88)138-94-86(73(118)68(113)56(42-100)130-94)140-91-76(121)72(117)66(111)49(3)126-91/h37,39,49,53-61,63-94,99-105,109,111-124H,7-36,38,40-48H2,1-6H3,(H,95,106)(H,96,107)(H,97,108)(H,98,110)/b39-37+/t49?,53-,54+,55?,56?,57?,58?,59?,60?,61?,63?,64?,65?,66+,67-,68-,69-,70-,71+,72?,73-,74+,75+,76-,77?,78?,79?,80+,81-,82-,83+,84+,85+,86?,87+,88-,89-,90+,91+,92-,93-,94-/m0/s1. The Morgan fingerprint density at radius 1 is 0.293 bits per heavy atom. The summed E-state index contributed by atoms with van der Waals surface area (Å²) in [4.78, 5) is 53.5. The molecule has 0 bridgehead atoms. The molecule has 0 aromatic heterocycles. The zero-order valence-corrected chi connectivity index (χ0v) is 81.7. The molecule has 46 nitrogen and oxygen atoms in total. The summed E-state index contributed by atoms with van der Waals surface area (Å²) in [5, 5.41) is 261. The fourth-order valence-electron chi connectivity index (χ4n) is 19.1. The van der Waals surface area contributed by atoms with Gasteiger partial charge in [-0.2, -0.15) is 0 Å². The second-order valence-electron chi connectivity index (χ2n) is 38.4. The summed E-state index contributed by atoms with van der Waals surface area (Å²) in [5.41, 5.74) is 0. The van der Waals surface area contributed by atoms with Crippen LogP contribution in [0.15, 0.2) is 12.2 Å². The van der Waals surface area contributed by atoms with Gasteiger partial charge in [0.1, 0.15) is 189 Å². The van der Waals surface area contributed by atoms with Gasteiger partial charge in [-0.25, -0.2) is 0 Å². The first-order valence-corrected chi connectivity index (χ1v) is 50.8. The summed E-state index contributed by atoms with van der Waals surface area (Å²) in [6.07, 6.45) is -37.9. The van der Waals surface area contributed by atoms with Gasteiger partial charge in [-0.3, -0.25) is 19.2 Å². The van der Waals surface area contributed by atoms with Crippen molar-refractivity contribution in [3.8, 4) is 0 Å². The SMILES string of the molecule is CCCCCCCCCCCCC/C=C/[C@@H](O)[C@H](CO[C@@H]1OC(CO)[C@@H](O[C@@H]2OC(CO)[C@H](O[C@@H]3OC(CO)[C@H](O[C@@H]4OC(CO)[C@H](O)[C@H](O[C@@H]5OC(CO)[C@H](O)[C@H](O)C5O[C@H]5OC(C)[C@@H](O)C(O)[C@@H]5O)C4NC(C)=O)[C@H](O[C@@H]4OC(CO)[C@H](O)[C@H](O[C@H]5OC(CO)[C@H](O)[C@H](O)C5NC(C)=O)C4NC(C)=O)C3O)[C@H](O)C2O)[C@H](O)C1O)NC(=O)CCCCCCCCCCCCCCCCCCCCC. The van der Waals surface area contributed by atoms with E-state index in [-0.39, 0.29) is 12.3 Å². The third kappa shape index (κ3) is 35.4. The molecular weight excluding hydrogens is 1860 g/mol. The van der Waals surface area contributed by atoms with Crippen molar-refractivity contribution in [2.75, 3.05) is 52.9 Å². The van der Waals surface area contributed by atoms with Crippen molar-refractivity contribution in [1.82, 2.24) is 21.3 Å². The molecule has 42 atom stereocenters. The van der Waals surface area contributed by atoms with E-state index in [0.717, 1.165) is 78.6 Å². The lowest BCUT2D eigenvalue weighted by molar-refractivity contribution is -0.403. The summed E-state index contributed by atoms with van der Waals surface area (Å²) in [5.74, 6) is -3.18. The number of hydrogen-bond donors (Lipinski definition) is 26. The predicted molar refractivity (Wildman–Crippen MR) is 488 cm³/mol. The van der Waals surface area contributed by atoms with Crippen LogP contribution in [0.4, 0.5) is 0 Å². The van der Waals surface area contributed by atoms with Crippen LogP contribution in [0.5, 0.6) is 0 Å². The molecule has 0 saturated carbocycles. The second kappa shape index (κ2) is 63.2. The molecule has 46 heteroatoms. The highest BCUT2D eigenvalue weighted by atomic mass is 16.8. The lowest BCUT2D eigenvalue weighted by Crippen LogP contribution is -2.72. The Morgan fingerprint density at radius 2 is 0.600 bits per heavy atom. The molecular formula is C94H168N4O42. The van der Waals surface area contributed by atoms with E-state index in [4.69, 9.17) is 75.8 Å². The normalized spacial score (nSPS) is 38.7. The molecule has 8 saturated heterocycles. The van der Waals surface area contributed by atoms with Crippen LogP contribution in [0.2, 0.25) is 0 Å². The van der Waals surface area contributed by atoms with Gasteiger partial charge in [-0.05, 0) is 26.2 Å². The van der Waals surface area contributed by atoms with E-state index in [2.05, 4.69) is 35.1 Å².